The van der Waals surface area contributed by atoms with Crippen molar-refractivity contribution in [2.45, 2.75) is 9.79 Å². The van der Waals surface area contributed by atoms with E-state index in [0.717, 1.165) is 9.69 Å². The highest BCUT2D eigenvalue weighted by Crippen LogP contribution is 2.33. The van der Waals surface area contributed by atoms with E-state index < -0.39 is 11.0 Å². The lowest BCUT2D eigenvalue weighted by Crippen LogP contribution is -2.36. The molecule has 10 heteroatoms. The quantitative estimate of drug-likeness (QED) is 0.402. The first-order valence-corrected chi connectivity index (χ1v) is 7.38. The number of hydrogen-bond acceptors (Lipinski definition) is 7. The molecule has 0 bridgehead atoms. The monoisotopic (exact) mass is 350 g/mol. The molecule has 3 rings (SSSR count). The number of non-ortho nitro benzene ring substituents is 1. The summed E-state index contributed by atoms with van der Waals surface area (Å²) >= 11 is 7.17. The SMILES string of the molecule is O=[N+]([O-])c1ccc(Sc2ccc(Cl)cc2)c(-[n+]2noc([O-])n2)c1. The summed E-state index contributed by atoms with van der Waals surface area (Å²) in [4.78, 5) is 12.8. The van der Waals surface area contributed by atoms with Gasteiger partial charge in [0.05, 0.1) is 25.8 Å². The average molecular weight is 351 g/mol. The molecule has 1 aromatic heterocycles. The van der Waals surface area contributed by atoms with E-state index in [4.69, 9.17) is 11.6 Å². The van der Waals surface area contributed by atoms with Gasteiger partial charge in [-0.15, -0.1) is 0 Å². The Morgan fingerprint density at radius 2 is 1.96 bits per heavy atom. The van der Waals surface area contributed by atoms with Crippen LogP contribution in [-0.4, -0.2) is 15.3 Å². The predicted octanol–water partition coefficient (Wildman–Crippen LogP) is 2.13. The van der Waals surface area contributed by atoms with Crippen molar-refractivity contribution in [1.29, 1.82) is 0 Å². The molecule has 23 heavy (non-hydrogen) atoms. The number of benzene rings is 2. The molecule has 8 nitrogen and oxygen atoms in total. The molecule has 0 saturated carbocycles. The first-order valence-electron chi connectivity index (χ1n) is 6.18. The molecule has 2 aromatic carbocycles. The molecule has 0 aliphatic carbocycles. The molecular weight excluding hydrogens is 344 g/mol. The Morgan fingerprint density at radius 3 is 2.57 bits per heavy atom. The largest absolute Gasteiger partial charge is 0.523 e. The van der Waals surface area contributed by atoms with E-state index in [1.54, 1.807) is 30.3 Å². The summed E-state index contributed by atoms with van der Waals surface area (Å²) < 4.78 is 4.39. The van der Waals surface area contributed by atoms with Crippen LogP contribution in [0.3, 0.4) is 0 Å². The second-order valence-corrected chi connectivity index (χ2v) is 5.85. The number of hydrogen-bond donors (Lipinski definition) is 0. The van der Waals surface area contributed by atoms with Gasteiger partial charge in [0.1, 0.15) is 5.27 Å². The van der Waals surface area contributed by atoms with E-state index in [1.165, 1.54) is 23.9 Å². The standard InChI is InChI=1S/C13H7ClN4O4S/c14-8-1-4-10(5-2-8)23-12-6-3-9(18(20)21)7-11(12)17-15-13(19)22-16-17/h1-7H. The summed E-state index contributed by atoms with van der Waals surface area (Å²) in [5.74, 6) is 0. The van der Waals surface area contributed by atoms with Crippen molar-refractivity contribution < 1.29 is 19.3 Å². The molecule has 0 N–H and O–H groups in total. The average Bonchev–Trinajstić information content (AvgIpc) is 2.96. The van der Waals surface area contributed by atoms with Crippen LogP contribution < -0.4 is 9.90 Å². The summed E-state index contributed by atoms with van der Waals surface area (Å²) in [6.07, 6.45) is -0.890. The minimum absolute atomic E-state index is 0.148. The third-order valence-corrected chi connectivity index (χ3v) is 4.11. The Hall–Kier alpha value is -2.65. The lowest BCUT2D eigenvalue weighted by Gasteiger charge is -2.02. The predicted molar refractivity (Wildman–Crippen MR) is 77.5 cm³/mol. The molecular formula is C13H7ClN4O4S. The van der Waals surface area contributed by atoms with Crippen LogP contribution in [0, 0.1) is 10.1 Å². The zero-order valence-corrected chi connectivity index (χ0v) is 12.8. The van der Waals surface area contributed by atoms with Crippen LogP contribution in [0.15, 0.2) is 56.8 Å². The van der Waals surface area contributed by atoms with Crippen LogP contribution in [0.25, 0.3) is 5.69 Å². The van der Waals surface area contributed by atoms with Gasteiger partial charge in [0.2, 0.25) is 6.08 Å². The highest BCUT2D eigenvalue weighted by Gasteiger charge is 2.23. The normalized spacial score (nSPS) is 10.7. The first-order chi connectivity index (χ1) is 11.0. The van der Waals surface area contributed by atoms with Crippen molar-refractivity contribution in [3.8, 4) is 11.8 Å². The zero-order chi connectivity index (χ0) is 16.4. The van der Waals surface area contributed by atoms with Crippen molar-refractivity contribution in [2.75, 3.05) is 0 Å². The van der Waals surface area contributed by atoms with Gasteiger partial charge in [-0.2, -0.15) is 0 Å². The number of halogens is 1. The van der Waals surface area contributed by atoms with Crippen molar-refractivity contribution in [3.63, 3.8) is 0 Å². The molecule has 0 saturated heterocycles. The second-order valence-electron chi connectivity index (χ2n) is 4.29. The maximum absolute atomic E-state index is 11.1. The Morgan fingerprint density at radius 1 is 1.22 bits per heavy atom. The molecule has 0 aliphatic rings. The molecule has 0 spiro atoms. The zero-order valence-electron chi connectivity index (χ0n) is 11.2. The smallest absolute Gasteiger partial charge is 0.290 e. The van der Waals surface area contributed by atoms with E-state index in [-0.39, 0.29) is 11.4 Å². The first kappa shape index (κ1) is 15.3. The number of aromatic nitrogens is 3. The lowest BCUT2D eigenvalue weighted by molar-refractivity contribution is -0.728. The summed E-state index contributed by atoms with van der Waals surface area (Å²) in [7, 11) is 0. The number of nitro benzene ring substituents is 1. The fourth-order valence-electron chi connectivity index (χ4n) is 1.78. The van der Waals surface area contributed by atoms with Gasteiger partial charge in [-0.1, -0.05) is 23.4 Å². The third kappa shape index (κ3) is 3.41. The number of rotatable bonds is 4. The fourth-order valence-corrected chi connectivity index (χ4v) is 2.81. The van der Waals surface area contributed by atoms with Gasteiger partial charge in [0.15, 0.2) is 0 Å². The molecule has 0 aliphatic heterocycles. The highest BCUT2D eigenvalue weighted by atomic mass is 35.5. The Kier molecular flexibility index (Phi) is 4.13. The van der Waals surface area contributed by atoms with Gasteiger partial charge >= 0.3 is 0 Å². The molecule has 1 heterocycles. The van der Waals surface area contributed by atoms with E-state index in [1.807, 2.05) is 0 Å². The van der Waals surface area contributed by atoms with Gasteiger partial charge in [-0.25, -0.2) is 0 Å². The van der Waals surface area contributed by atoms with Crippen molar-refractivity contribution >= 4 is 29.1 Å². The number of nitro groups is 1. The van der Waals surface area contributed by atoms with Crippen molar-refractivity contribution in [3.05, 3.63) is 57.6 Å². The van der Waals surface area contributed by atoms with Gasteiger partial charge in [-0.05, 0) is 30.3 Å². The van der Waals surface area contributed by atoms with E-state index in [9.17, 15) is 15.2 Å². The molecule has 0 atom stereocenters. The van der Waals surface area contributed by atoms with Crippen LogP contribution in [0.1, 0.15) is 0 Å². The van der Waals surface area contributed by atoms with E-state index in [2.05, 4.69) is 14.9 Å². The minimum atomic E-state index is -0.890. The fraction of sp³-hybridized carbons (Fsp3) is 0. The minimum Gasteiger partial charge on any atom is -0.523 e. The molecule has 116 valence electrons. The lowest BCUT2D eigenvalue weighted by atomic mass is 10.3. The van der Waals surface area contributed by atoms with Crippen LogP contribution in [-0.2, 0) is 0 Å². The summed E-state index contributed by atoms with van der Waals surface area (Å²) in [6.45, 7) is 0. The van der Waals surface area contributed by atoms with Crippen molar-refractivity contribution in [1.82, 2.24) is 10.4 Å². The molecule has 0 amide bonds. The third-order valence-electron chi connectivity index (χ3n) is 2.78. The van der Waals surface area contributed by atoms with Gasteiger partial charge in [0, 0.05) is 16.0 Å². The van der Waals surface area contributed by atoms with Crippen molar-refractivity contribution in [2.24, 2.45) is 0 Å². The van der Waals surface area contributed by atoms with Crippen LogP contribution in [0.2, 0.25) is 5.02 Å². The Balaban J connectivity index is 2.04. The highest BCUT2D eigenvalue weighted by molar-refractivity contribution is 7.99. The summed E-state index contributed by atoms with van der Waals surface area (Å²) in [6, 6.07) is 11.3. The van der Waals surface area contributed by atoms with Crippen LogP contribution in [0.5, 0.6) is 6.08 Å². The molecule has 3 aromatic rings. The topological polar surface area (TPSA) is 109 Å². The van der Waals surface area contributed by atoms with E-state index >= 15 is 0 Å². The van der Waals surface area contributed by atoms with Gasteiger partial charge in [0.25, 0.3) is 11.4 Å². The maximum atomic E-state index is 11.1. The summed E-state index contributed by atoms with van der Waals surface area (Å²) in [5, 5.41) is 29.6. The molecule has 0 unspecified atom stereocenters. The molecule has 0 fully saturated rings. The second kappa shape index (κ2) is 6.23. The van der Waals surface area contributed by atoms with Crippen LogP contribution >= 0.6 is 23.4 Å². The van der Waals surface area contributed by atoms with Crippen LogP contribution in [0.4, 0.5) is 5.69 Å². The van der Waals surface area contributed by atoms with Gasteiger partial charge < -0.3 is 9.63 Å². The molecule has 0 radical (unpaired) electrons. The summed E-state index contributed by atoms with van der Waals surface area (Å²) in [5.41, 5.74) is 0.121. The number of nitrogens with zero attached hydrogens (tertiary/aromatic N) is 4. The maximum Gasteiger partial charge on any atom is 0.290 e. The van der Waals surface area contributed by atoms with Gasteiger partial charge in [-0.3, -0.25) is 10.1 Å². The Labute approximate surface area is 138 Å². The van der Waals surface area contributed by atoms with E-state index in [0.29, 0.717) is 9.92 Å². The Bertz CT molecular complexity index is 869.